The standard InChI is InChI=1S/C19H17F3N2O/c1-13-6-8-17(9-7-13)25-12-16-11-18(19(20,21)22)23-24(16)15-5-3-4-14(2)10-15/h3-11H,12H2,1-2H3. The van der Waals surface area contributed by atoms with Gasteiger partial charge in [0.2, 0.25) is 0 Å². The van der Waals surface area contributed by atoms with Crippen molar-refractivity contribution in [3.8, 4) is 11.4 Å². The lowest BCUT2D eigenvalue weighted by molar-refractivity contribution is -0.141. The summed E-state index contributed by atoms with van der Waals surface area (Å²) in [7, 11) is 0. The van der Waals surface area contributed by atoms with Crippen LogP contribution in [0.2, 0.25) is 0 Å². The molecule has 3 nitrogen and oxygen atoms in total. The predicted octanol–water partition coefficient (Wildman–Crippen LogP) is 5.09. The van der Waals surface area contributed by atoms with Crippen LogP contribution in [0.5, 0.6) is 5.75 Å². The van der Waals surface area contributed by atoms with Gasteiger partial charge in [0.1, 0.15) is 12.4 Å². The Bertz CT molecular complexity index is 867. The topological polar surface area (TPSA) is 27.1 Å². The van der Waals surface area contributed by atoms with Gasteiger partial charge in [0.15, 0.2) is 5.69 Å². The first-order chi connectivity index (χ1) is 11.8. The number of halogens is 3. The molecule has 3 rings (SSSR count). The van der Waals surface area contributed by atoms with Gasteiger partial charge in [-0.15, -0.1) is 0 Å². The summed E-state index contributed by atoms with van der Waals surface area (Å²) in [5.41, 5.74) is 1.98. The summed E-state index contributed by atoms with van der Waals surface area (Å²) in [6.07, 6.45) is -4.51. The van der Waals surface area contributed by atoms with E-state index in [1.54, 1.807) is 30.3 Å². The number of alkyl halides is 3. The smallest absolute Gasteiger partial charge is 0.435 e. The molecule has 0 radical (unpaired) electrons. The van der Waals surface area contributed by atoms with Crippen LogP contribution in [-0.2, 0) is 12.8 Å². The first kappa shape index (κ1) is 17.1. The SMILES string of the molecule is Cc1ccc(OCc2cc(C(F)(F)F)nn2-c2cccc(C)c2)cc1. The summed E-state index contributed by atoms with van der Waals surface area (Å²) in [5, 5.41) is 3.73. The van der Waals surface area contributed by atoms with E-state index < -0.39 is 11.9 Å². The van der Waals surface area contributed by atoms with Crippen LogP contribution >= 0.6 is 0 Å². The number of benzene rings is 2. The molecule has 0 spiro atoms. The average Bonchev–Trinajstić information content (AvgIpc) is 2.99. The molecule has 1 aromatic heterocycles. The maximum Gasteiger partial charge on any atom is 0.435 e. The number of nitrogens with zero attached hydrogens (tertiary/aromatic N) is 2. The molecule has 0 unspecified atom stereocenters. The number of rotatable bonds is 4. The highest BCUT2D eigenvalue weighted by molar-refractivity contribution is 5.37. The molecule has 0 saturated carbocycles. The van der Waals surface area contributed by atoms with Crippen molar-refractivity contribution in [3.05, 3.63) is 77.1 Å². The number of hydrogen-bond acceptors (Lipinski definition) is 2. The molecule has 0 bridgehead atoms. The first-order valence-corrected chi connectivity index (χ1v) is 7.75. The Hall–Kier alpha value is -2.76. The zero-order chi connectivity index (χ0) is 18.0. The van der Waals surface area contributed by atoms with Gasteiger partial charge in [-0.25, -0.2) is 4.68 Å². The van der Waals surface area contributed by atoms with Crippen molar-refractivity contribution in [2.45, 2.75) is 26.6 Å². The molecule has 0 atom stereocenters. The van der Waals surface area contributed by atoms with Crippen LogP contribution in [0, 0.1) is 13.8 Å². The lowest BCUT2D eigenvalue weighted by atomic mass is 10.2. The van der Waals surface area contributed by atoms with Gasteiger partial charge < -0.3 is 4.74 Å². The van der Waals surface area contributed by atoms with E-state index in [1.807, 2.05) is 32.0 Å². The molecule has 25 heavy (non-hydrogen) atoms. The Kier molecular flexibility index (Phi) is 4.53. The maximum atomic E-state index is 13.1. The van der Waals surface area contributed by atoms with Gasteiger partial charge in [0.25, 0.3) is 0 Å². The summed E-state index contributed by atoms with van der Waals surface area (Å²) in [5.74, 6) is 0.594. The third-order valence-electron chi connectivity index (χ3n) is 3.73. The van der Waals surface area contributed by atoms with Gasteiger partial charge in [0, 0.05) is 0 Å². The lowest BCUT2D eigenvalue weighted by Gasteiger charge is -2.10. The van der Waals surface area contributed by atoms with Crippen LogP contribution in [0.3, 0.4) is 0 Å². The summed E-state index contributed by atoms with van der Waals surface area (Å²) < 4.78 is 46.1. The van der Waals surface area contributed by atoms with E-state index in [-0.39, 0.29) is 6.61 Å². The molecule has 0 aliphatic heterocycles. The van der Waals surface area contributed by atoms with Crippen LogP contribution in [0.15, 0.2) is 54.6 Å². The molecule has 0 saturated heterocycles. The summed E-state index contributed by atoms with van der Waals surface area (Å²) in [6.45, 7) is 3.81. The minimum atomic E-state index is -4.51. The fourth-order valence-electron chi connectivity index (χ4n) is 2.44. The van der Waals surface area contributed by atoms with E-state index in [1.165, 1.54) is 4.68 Å². The van der Waals surface area contributed by atoms with E-state index in [9.17, 15) is 13.2 Å². The molecule has 1 heterocycles. The molecular formula is C19H17F3N2O. The van der Waals surface area contributed by atoms with E-state index in [2.05, 4.69) is 5.10 Å². The van der Waals surface area contributed by atoms with Crippen molar-refractivity contribution in [2.75, 3.05) is 0 Å². The fourth-order valence-corrected chi connectivity index (χ4v) is 2.44. The summed E-state index contributed by atoms with van der Waals surface area (Å²) in [4.78, 5) is 0. The van der Waals surface area contributed by atoms with Crippen LogP contribution in [-0.4, -0.2) is 9.78 Å². The zero-order valence-corrected chi connectivity index (χ0v) is 13.8. The maximum absolute atomic E-state index is 13.1. The van der Waals surface area contributed by atoms with Crippen LogP contribution < -0.4 is 4.74 Å². The third kappa shape index (κ3) is 4.02. The molecule has 3 aromatic rings. The summed E-state index contributed by atoms with van der Waals surface area (Å²) >= 11 is 0. The third-order valence-corrected chi connectivity index (χ3v) is 3.73. The minimum Gasteiger partial charge on any atom is -0.487 e. The molecule has 0 N–H and O–H groups in total. The van der Waals surface area contributed by atoms with E-state index in [0.29, 0.717) is 17.1 Å². The van der Waals surface area contributed by atoms with Crippen LogP contribution in [0.1, 0.15) is 22.5 Å². The first-order valence-electron chi connectivity index (χ1n) is 7.75. The van der Waals surface area contributed by atoms with Crippen molar-refractivity contribution in [1.29, 1.82) is 0 Å². The van der Waals surface area contributed by atoms with E-state index in [0.717, 1.165) is 17.2 Å². The van der Waals surface area contributed by atoms with Crippen LogP contribution in [0.25, 0.3) is 5.69 Å². The largest absolute Gasteiger partial charge is 0.487 e. The Morgan fingerprint density at radius 2 is 1.68 bits per heavy atom. The highest BCUT2D eigenvalue weighted by Gasteiger charge is 2.35. The van der Waals surface area contributed by atoms with Crippen molar-refractivity contribution in [3.63, 3.8) is 0 Å². The number of aryl methyl sites for hydroxylation is 2. The van der Waals surface area contributed by atoms with E-state index in [4.69, 9.17) is 4.74 Å². The number of aromatic nitrogens is 2. The van der Waals surface area contributed by atoms with Gasteiger partial charge in [-0.05, 0) is 49.7 Å². The Morgan fingerprint density at radius 3 is 2.32 bits per heavy atom. The molecule has 6 heteroatoms. The van der Waals surface area contributed by atoms with E-state index >= 15 is 0 Å². The zero-order valence-electron chi connectivity index (χ0n) is 13.8. The Balaban J connectivity index is 1.93. The van der Waals surface area contributed by atoms with Crippen molar-refractivity contribution in [2.24, 2.45) is 0 Å². The van der Waals surface area contributed by atoms with Crippen molar-refractivity contribution in [1.82, 2.24) is 9.78 Å². The van der Waals surface area contributed by atoms with Crippen LogP contribution in [0.4, 0.5) is 13.2 Å². The second kappa shape index (κ2) is 6.63. The number of hydrogen-bond donors (Lipinski definition) is 0. The minimum absolute atomic E-state index is 0.0138. The number of ether oxygens (including phenoxy) is 1. The quantitative estimate of drug-likeness (QED) is 0.658. The predicted molar refractivity (Wildman–Crippen MR) is 88.8 cm³/mol. The van der Waals surface area contributed by atoms with Gasteiger partial charge >= 0.3 is 6.18 Å². The van der Waals surface area contributed by atoms with Crippen molar-refractivity contribution >= 4 is 0 Å². The van der Waals surface area contributed by atoms with Gasteiger partial charge in [-0.2, -0.15) is 18.3 Å². The fraction of sp³-hybridized carbons (Fsp3) is 0.211. The molecule has 0 amide bonds. The lowest BCUT2D eigenvalue weighted by Crippen LogP contribution is -2.08. The molecular weight excluding hydrogens is 329 g/mol. The molecule has 0 aliphatic rings. The Labute approximate surface area is 143 Å². The monoisotopic (exact) mass is 346 g/mol. The highest BCUT2D eigenvalue weighted by atomic mass is 19.4. The van der Waals surface area contributed by atoms with Gasteiger partial charge in [0.05, 0.1) is 11.4 Å². The average molecular weight is 346 g/mol. The normalized spacial score (nSPS) is 11.6. The summed E-state index contributed by atoms with van der Waals surface area (Å²) in [6, 6.07) is 15.5. The molecule has 2 aromatic carbocycles. The van der Waals surface area contributed by atoms with Gasteiger partial charge in [-0.1, -0.05) is 29.8 Å². The van der Waals surface area contributed by atoms with Gasteiger partial charge in [-0.3, -0.25) is 0 Å². The molecule has 130 valence electrons. The highest BCUT2D eigenvalue weighted by Crippen LogP contribution is 2.30. The second-order valence-corrected chi connectivity index (χ2v) is 5.87. The molecule has 0 aliphatic carbocycles. The Morgan fingerprint density at radius 1 is 0.960 bits per heavy atom. The van der Waals surface area contributed by atoms with Crippen molar-refractivity contribution < 1.29 is 17.9 Å². The molecule has 0 fully saturated rings. The second-order valence-electron chi connectivity index (χ2n) is 5.87.